The van der Waals surface area contributed by atoms with Crippen LogP contribution < -0.4 is 5.73 Å². The van der Waals surface area contributed by atoms with Crippen molar-refractivity contribution in [2.45, 2.75) is 34.2 Å². The first-order valence-corrected chi connectivity index (χ1v) is 6.35. The Morgan fingerprint density at radius 2 is 1.72 bits per heavy atom. The van der Waals surface area contributed by atoms with Crippen molar-refractivity contribution in [3.8, 4) is 11.3 Å². The second kappa shape index (κ2) is 4.75. The van der Waals surface area contributed by atoms with E-state index in [1.807, 2.05) is 0 Å². The van der Waals surface area contributed by atoms with E-state index in [0.717, 1.165) is 11.3 Å². The SMILES string of the molecule is Cc1cc(C)c(C)c(-c2nc(CN)[nH]c2Cl)c1C. The Hall–Kier alpha value is -1.32. The summed E-state index contributed by atoms with van der Waals surface area (Å²) in [6.07, 6.45) is 0. The molecule has 2 aromatic rings. The highest BCUT2D eigenvalue weighted by Gasteiger charge is 2.16. The minimum atomic E-state index is 0.364. The fourth-order valence-electron chi connectivity index (χ4n) is 2.23. The summed E-state index contributed by atoms with van der Waals surface area (Å²) in [6, 6.07) is 2.19. The third-order valence-electron chi connectivity index (χ3n) is 3.50. The average molecular weight is 264 g/mol. The standard InChI is InChI=1S/C14H18ClN3/c1-7-5-8(2)10(4)12(9(7)3)13-14(15)18-11(6-16)17-13/h5H,6,16H2,1-4H3,(H,17,18). The maximum atomic E-state index is 6.23. The van der Waals surface area contributed by atoms with Crippen LogP contribution in [0.25, 0.3) is 11.3 Å². The van der Waals surface area contributed by atoms with Gasteiger partial charge in [-0.3, -0.25) is 0 Å². The molecule has 0 bridgehead atoms. The largest absolute Gasteiger partial charge is 0.331 e. The minimum absolute atomic E-state index is 0.364. The van der Waals surface area contributed by atoms with Crippen molar-refractivity contribution in [1.29, 1.82) is 0 Å². The number of hydrogen-bond acceptors (Lipinski definition) is 2. The number of aryl methyl sites for hydroxylation is 2. The molecule has 0 saturated heterocycles. The molecule has 96 valence electrons. The molecule has 0 aliphatic carbocycles. The van der Waals surface area contributed by atoms with Crippen LogP contribution in [0.1, 0.15) is 28.1 Å². The van der Waals surface area contributed by atoms with Crippen molar-refractivity contribution in [3.05, 3.63) is 39.3 Å². The topological polar surface area (TPSA) is 54.7 Å². The Morgan fingerprint density at radius 1 is 1.17 bits per heavy atom. The highest BCUT2D eigenvalue weighted by molar-refractivity contribution is 6.32. The molecule has 0 spiro atoms. The molecule has 18 heavy (non-hydrogen) atoms. The number of nitrogens with one attached hydrogen (secondary N) is 1. The number of H-pyrrole nitrogens is 1. The molecule has 0 aliphatic heterocycles. The third kappa shape index (κ3) is 2.04. The van der Waals surface area contributed by atoms with Gasteiger partial charge in [0.1, 0.15) is 16.7 Å². The van der Waals surface area contributed by atoms with E-state index in [2.05, 4.69) is 43.7 Å². The highest BCUT2D eigenvalue weighted by Crippen LogP contribution is 2.34. The zero-order valence-corrected chi connectivity index (χ0v) is 11.9. The van der Waals surface area contributed by atoms with Crippen LogP contribution in [0.15, 0.2) is 6.07 Å². The lowest BCUT2D eigenvalue weighted by Gasteiger charge is -2.13. The molecule has 0 amide bonds. The predicted molar refractivity (Wildman–Crippen MR) is 75.9 cm³/mol. The van der Waals surface area contributed by atoms with Gasteiger partial charge in [-0.05, 0) is 49.9 Å². The number of nitrogens with zero attached hydrogens (tertiary/aromatic N) is 1. The molecule has 0 aliphatic rings. The van der Waals surface area contributed by atoms with Gasteiger partial charge in [-0.15, -0.1) is 0 Å². The Balaban J connectivity index is 2.73. The zero-order chi connectivity index (χ0) is 13.4. The summed E-state index contributed by atoms with van der Waals surface area (Å²) in [7, 11) is 0. The van der Waals surface area contributed by atoms with E-state index >= 15 is 0 Å². The number of aromatic amines is 1. The fourth-order valence-corrected chi connectivity index (χ4v) is 2.48. The third-order valence-corrected chi connectivity index (χ3v) is 3.78. The zero-order valence-electron chi connectivity index (χ0n) is 11.2. The van der Waals surface area contributed by atoms with Gasteiger partial charge in [-0.1, -0.05) is 17.7 Å². The monoisotopic (exact) mass is 263 g/mol. The Morgan fingerprint density at radius 3 is 2.17 bits per heavy atom. The molecule has 3 N–H and O–H groups in total. The molecular weight excluding hydrogens is 246 g/mol. The lowest BCUT2D eigenvalue weighted by Crippen LogP contribution is -1.99. The summed E-state index contributed by atoms with van der Waals surface area (Å²) in [6.45, 7) is 8.78. The number of aromatic nitrogens is 2. The van der Waals surface area contributed by atoms with Gasteiger partial charge in [-0.2, -0.15) is 0 Å². The first-order chi connectivity index (χ1) is 8.45. The maximum Gasteiger partial charge on any atom is 0.134 e. The van der Waals surface area contributed by atoms with Crippen LogP contribution in [0.2, 0.25) is 5.15 Å². The number of imidazole rings is 1. The van der Waals surface area contributed by atoms with Gasteiger partial charge < -0.3 is 10.7 Å². The molecule has 4 heteroatoms. The van der Waals surface area contributed by atoms with Gasteiger partial charge in [0.2, 0.25) is 0 Å². The second-order valence-corrected chi connectivity index (χ2v) is 5.06. The van der Waals surface area contributed by atoms with E-state index in [1.165, 1.54) is 22.3 Å². The number of nitrogens with two attached hydrogens (primary N) is 1. The molecule has 0 fully saturated rings. The van der Waals surface area contributed by atoms with Crippen LogP contribution >= 0.6 is 11.6 Å². The number of rotatable bonds is 2. The van der Waals surface area contributed by atoms with Gasteiger partial charge in [0.05, 0.1) is 6.54 Å². The molecule has 1 aromatic carbocycles. The molecule has 0 unspecified atom stereocenters. The van der Waals surface area contributed by atoms with Crippen molar-refractivity contribution >= 4 is 11.6 Å². The summed E-state index contributed by atoms with van der Waals surface area (Å²) in [5.41, 5.74) is 12.5. The van der Waals surface area contributed by atoms with Crippen LogP contribution in [-0.2, 0) is 6.54 Å². The van der Waals surface area contributed by atoms with Crippen LogP contribution in [0.5, 0.6) is 0 Å². The van der Waals surface area contributed by atoms with Gasteiger partial charge >= 0.3 is 0 Å². The van der Waals surface area contributed by atoms with Gasteiger partial charge in [0.25, 0.3) is 0 Å². The molecule has 1 heterocycles. The van der Waals surface area contributed by atoms with E-state index in [9.17, 15) is 0 Å². The Bertz CT molecular complexity index is 573. The van der Waals surface area contributed by atoms with Crippen molar-refractivity contribution in [2.75, 3.05) is 0 Å². The number of halogens is 1. The van der Waals surface area contributed by atoms with Crippen molar-refractivity contribution in [2.24, 2.45) is 5.73 Å². The lowest BCUT2D eigenvalue weighted by atomic mass is 9.92. The van der Waals surface area contributed by atoms with E-state index in [1.54, 1.807) is 0 Å². The van der Waals surface area contributed by atoms with E-state index in [-0.39, 0.29) is 0 Å². The van der Waals surface area contributed by atoms with Crippen molar-refractivity contribution in [3.63, 3.8) is 0 Å². The maximum absolute atomic E-state index is 6.23. The van der Waals surface area contributed by atoms with Gasteiger partial charge in [0, 0.05) is 5.56 Å². The van der Waals surface area contributed by atoms with E-state index < -0.39 is 0 Å². The Labute approximate surface area is 112 Å². The van der Waals surface area contributed by atoms with Crippen LogP contribution in [0.4, 0.5) is 0 Å². The smallest absolute Gasteiger partial charge is 0.134 e. The number of benzene rings is 1. The predicted octanol–water partition coefficient (Wildman–Crippen LogP) is 3.42. The summed E-state index contributed by atoms with van der Waals surface area (Å²) >= 11 is 6.23. The summed E-state index contributed by atoms with van der Waals surface area (Å²) in [5.74, 6) is 0.716. The normalized spacial score (nSPS) is 11.0. The Kier molecular flexibility index (Phi) is 3.46. The first-order valence-electron chi connectivity index (χ1n) is 5.98. The van der Waals surface area contributed by atoms with E-state index in [0.29, 0.717) is 17.5 Å². The molecule has 2 rings (SSSR count). The average Bonchev–Trinajstić information content (AvgIpc) is 2.69. The van der Waals surface area contributed by atoms with E-state index in [4.69, 9.17) is 17.3 Å². The summed E-state index contributed by atoms with van der Waals surface area (Å²) in [4.78, 5) is 7.51. The molecule has 0 saturated carbocycles. The van der Waals surface area contributed by atoms with Crippen LogP contribution in [0, 0.1) is 27.7 Å². The summed E-state index contributed by atoms with van der Waals surface area (Å²) in [5, 5.41) is 0.562. The van der Waals surface area contributed by atoms with Crippen LogP contribution in [0.3, 0.4) is 0 Å². The number of hydrogen-bond donors (Lipinski definition) is 2. The van der Waals surface area contributed by atoms with Crippen molar-refractivity contribution < 1.29 is 0 Å². The molecule has 0 radical (unpaired) electrons. The summed E-state index contributed by atoms with van der Waals surface area (Å²) < 4.78 is 0. The lowest BCUT2D eigenvalue weighted by molar-refractivity contribution is 0.950. The van der Waals surface area contributed by atoms with Crippen molar-refractivity contribution in [1.82, 2.24) is 9.97 Å². The van der Waals surface area contributed by atoms with Gasteiger partial charge in [0.15, 0.2) is 0 Å². The molecular formula is C14H18ClN3. The first kappa shape index (κ1) is 13.1. The highest BCUT2D eigenvalue weighted by atomic mass is 35.5. The molecule has 1 aromatic heterocycles. The molecule has 3 nitrogen and oxygen atoms in total. The molecule has 0 atom stereocenters. The minimum Gasteiger partial charge on any atom is -0.331 e. The van der Waals surface area contributed by atoms with Crippen LogP contribution in [-0.4, -0.2) is 9.97 Å². The fraction of sp³-hybridized carbons (Fsp3) is 0.357. The quantitative estimate of drug-likeness (QED) is 0.872. The van der Waals surface area contributed by atoms with Gasteiger partial charge in [-0.25, -0.2) is 4.98 Å². The second-order valence-electron chi connectivity index (χ2n) is 4.69.